The van der Waals surface area contributed by atoms with Gasteiger partial charge < -0.3 is 20.3 Å². The average molecular weight is 274 g/mol. The molecule has 0 heterocycles. The van der Waals surface area contributed by atoms with Crippen molar-refractivity contribution in [2.75, 3.05) is 13.7 Å². The first-order chi connectivity index (χ1) is 8.43. The van der Waals surface area contributed by atoms with Crippen molar-refractivity contribution in [3.8, 4) is 5.75 Å². The van der Waals surface area contributed by atoms with Crippen LogP contribution < -0.4 is 10.1 Å². The number of carbonyl (C=O) groups is 1. The van der Waals surface area contributed by atoms with Gasteiger partial charge in [0.05, 0.1) is 7.11 Å². The van der Waals surface area contributed by atoms with Gasteiger partial charge in [0.2, 0.25) is 5.91 Å². The van der Waals surface area contributed by atoms with Crippen molar-refractivity contribution in [3.05, 3.63) is 28.8 Å². The fourth-order valence-electron chi connectivity index (χ4n) is 1.46. The summed E-state index contributed by atoms with van der Waals surface area (Å²) in [4.78, 5) is 10.7. The largest absolute Gasteiger partial charge is 0.497 e. The van der Waals surface area contributed by atoms with E-state index in [1.165, 1.54) is 20.1 Å². The van der Waals surface area contributed by atoms with Crippen LogP contribution in [0, 0.1) is 0 Å². The first kappa shape index (κ1) is 14.8. The van der Waals surface area contributed by atoms with Crippen molar-refractivity contribution in [1.29, 1.82) is 0 Å². The maximum Gasteiger partial charge on any atom is 0.216 e. The van der Waals surface area contributed by atoms with E-state index in [9.17, 15) is 15.0 Å². The van der Waals surface area contributed by atoms with Crippen LogP contribution in [-0.4, -0.2) is 35.9 Å². The fourth-order valence-corrected chi connectivity index (χ4v) is 1.69. The molecule has 1 amide bonds. The summed E-state index contributed by atoms with van der Waals surface area (Å²) in [6, 6.07) is 4.71. The van der Waals surface area contributed by atoms with E-state index in [1.807, 2.05) is 0 Å². The van der Waals surface area contributed by atoms with Crippen LogP contribution >= 0.6 is 11.6 Å². The molecule has 0 spiro atoms. The Morgan fingerprint density at radius 3 is 2.67 bits per heavy atom. The topological polar surface area (TPSA) is 78.8 Å². The van der Waals surface area contributed by atoms with Gasteiger partial charge in [-0.2, -0.15) is 0 Å². The maximum atomic E-state index is 10.7. The molecule has 0 aliphatic carbocycles. The van der Waals surface area contributed by atoms with E-state index in [0.29, 0.717) is 16.3 Å². The molecule has 0 aliphatic heterocycles. The SMILES string of the molecule is COc1cc(Cl)cc(C(O)C(O)CNC(C)=O)c1. The Kier molecular flexibility index (Phi) is 5.40. The second-order valence-corrected chi connectivity index (χ2v) is 4.31. The fraction of sp³-hybridized carbons (Fsp3) is 0.417. The normalized spacial score (nSPS) is 13.8. The molecular weight excluding hydrogens is 258 g/mol. The number of halogens is 1. The van der Waals surface area contributed by atoms with Gasteiger partial charge in [-0.25, -0.2) is 0 Å². The Bertz CT molecular complexity index is 425. The van der Waals surface area contributed by atoms with Gasteiger partial charge in [0.15, 0.2) is 0 Å². The summed E-state index contributed by atoms with van der Waals surface area (Å²) in [5.74, 6) is 0.216. The minimum absolute atomic E-state index is 0.0364. The van der Waals surface area contributed by atoms with Crippen molar-refractivity contribution >= 4 is 17.5 Å². The van der Waals surface area contributed by atoms with Gasteiger partial charge in [-0.05, 0) is 23.8 Å². The molecule has 5 nitrogen and oxygen atoms in total. The molecule has 0 saturated carbocycles. The minimum Gasteiger partial charge on any atom is -0.497 e. The Balaban J connectivity index is 2.79. The quantitative estimate of drug-likeness (QED) is 0.744. The molecular formula is C12H16ClNO4. The van der Waals surface area contributed by atoms with Gasteiger partial charge >= 0.3 is 0 Å². The second kappa shape index (κ2) is 6.58. The molecule has 1 aromatic rings. The molecule has 3 N–H and O–H groups in total. The summed E-state index contributed by atoms with van der Waals surface area (Å²) < 4.78 is 5.02. The van der Waals surface area contributed by atoms with Crippen LogP contribution in [0.4, 0.5) is 0 Å². The third-order valence-corrected chi connectivity index (χ3v) is 2.61. The summed E-state index contributed by atoms with van der Waals surface area (Å²) in [5.41, 5.74) is 0.428. The van der Waals surface area contributed by atoms with E-state index in [-0.39, 0.29) is 12.5 Å². The number of nitrogens with one attached hydrogen (secondary N) is 1. The van der Waals surface area contributed by atoms with Crippen molar-refractivity contribution < 1.29 is 19.7 Å². The molecule has 2 unspecified atom stereocenters. The van der Waals surface area contributed by atoms with Crippen LogP contribution in [0.15, 0.2) is 18.2 Å². The number of aliphatic hydroxyl groups excluding tert-OH is 2. The van der Waals surface area contributed by atoms with Crippen LogP contribution in [0.25, 0.3) is 0 Å². The van der Waals surface area contributed by atoms with Crippen LogP contribution in [0.1, 0.15) is 18.6 Å². The van der Waals surface area contributed by atoms with Crippen molar-refractivity contribution in [2.24, 2.45) is 0 Å². The summed E-state index contributed by atoms with van der Waals surface area (Å²) in [6.07, 6.45) is -2.26. The second-order valence-electron chi connectivity index (χ2n) is 3.87. The highest BCUT2D eigenvalue weighted by Crippen LogP contribution is 2.26. The molecule has 0 radical (unpaired) electrons. The zero-order valence-corrected chi connectivity index (χ0v) is 10.9. The lowest BCUT2D eigenvalue weighted by Gasteiger charge is -2.19. The summed E-state index contributed by atoms with van der Waals surface area (Å²) in [6.45, 7) is 1.30. The van der Waals surface area contributed by atoms with Crippen LogP contribution in [0.3, 0.4) is 0 Å². The molecule has 1 rings (SSSR count). The highest BCUT2D eigenvalue weighted by atomic mass is 35.5. The lowest BCUT2D eigenvalue weighted by molar-refractivity contribution is -0.119. The first-order valence-electron chi connectivity index (χ1n) is 5.39. The van der Waals surface area contributed by atoms with Gasteiger partial charge in [0.1, 0.15) is 18.0 Å². The number of hydrogen-bond acceptors (Lipinski definition) is 4. The molecule has 0 aromatic heterocycles. The van der Waals surface area contributed by atoms with Crippen LogP contribution in [-0.2, 0) is 4.79 Å². The Morgan fingerprint density at radius 1 is 1.44 bits per heavy atom. The molecule has 0 bridgehead atoms. The predicted octanol–water partition coefficient (Wildman–Crippen LogP) is 0.879. The molecule has 0 aliphatic rings. The van der Waals surface area contributed by atoms with E-state index < -0.39 is 12.2 Å². The minimum atomic E-state index is -1.15. The zero-order valence-electron chi connectivity index (χ0n) is 10.2. The molecule has 0 fully saturated rings. The van der Waals surface area contributed by atoms with Gasteiger partial charge in [0, 0.05) is 18.5 Å². The van der Waals surface area contributed by atoms with Crippen molar-refractivity contribution in [3.63, 3.8) is 0 Å². The van der Waals surface area contributed by atoms with E-state index in [0.717, 1.165) is 0 Å². The Morgan fingerprint density at radius 2 is 2.11 bits per heavy atom. The maximum absolute atomic E-state index is 10.7. The Hall–Kier alpha value is -1.30. The third-order valence-electron chi connectivity index (χ3n) is 2.40. The number of aliphatic hydroxyl groups is 2. The number of benzene rings is 1. The number of ether oxygens (including phenoxy) is 1. The van der Waals surface area contributed by atoms with Crippen molar-refractivity contribution in [1.82, 2.24) is 5.32 Å². The Labute approximate surface area is 110 Å². The first-order valence-corrected chi connectivity index (χ1v) is 5.77. The molecule has 1 aromatic carbocycles. The molecule has 100 valence electrons. The average Bonchev–Trinajstić information content (AvgIpc) is 2.34. The predicted molar refractivity (Wildman–Crippen MR) is 67.7 cm³/mol. The van der Waals surface area contributed by atoms with Gasteiger partial charge in [-0.3, -0.25) is 4.79 Å². The lowest BCUT2D eigenvalue weighted by Crippen LogP contribution is -2.34. The number of hydrogen-bond donors (Lipinski definition) is 3. The summed E-state index contributed by atoms with van der Waals surface area (Å²) in [7, 11) is 1.48. The van der Waals surface area contributed by atoms with Gasteiger partial charge in [-0.15, -0.1) is 0 Å². The standard InChI is InChI=1S/C12H16ClNO4/c1-7(15)14-6-11(16)12(17)8-3-9(13)5-10(4-8)18-2/h3-5,11-12,16-17H,6H2,1-2H3,(H,14,15). The molecule has 18 heavy (non-hydrogen) atoms. The number of carbonyl (C=O) groups excluding carboxylic acids is 1. The summed E-state index contributed by atoms with van der Waals surface area (Å²) >= 11 is 5.86. The molecule has 6 heteroatoms. The molecule has 0 saturated heterocycles. The smallest absolute Gasteiger partial charge is 0.216 e. The van der Waals surface area contributed by atoms with Gasteiger partial charge in [0.25, 0.3) is 0 Å². The van der Waals surface area contributed by atoms with E-state index in [4.69, 9.17) is 16.3 Å². The van der Waals surface area contributed by atoms with Crippen LogP contribution in [0.2, 0.25) is 5.02 Å². The lowest BCUT2D eigenvalue weighted by atomic mass is 10.0. The monoisotopic (exact) mass is 273 g/mol. The van der Waals surface area contributed by atoms with E-state index in [2.05, 4.69) is 5.32 Å². The molecule has 2 atom stereocenters. The number of methoxy groups -OCH3 is 1. The van der Waals surface area contributed by atoms with Crippen LogP contribution in [0.5, 0.6) is 5.75 Å². The van der Waals surface area contributed by atoms with E-state index in [1.54, 1.807) is 12.1 Å². The number of amides is 1. The van der Waals surface area contributed by atoms with E-state index >= 15 is 0 Å². The zero-order chi connectivity index (χ0) is 13.7. The third kappa shape index (κ3) is 4.18. The highest BCUT2D eigenvalue weighted by Gasteiger charge is 2.19. The number of rotatable bonds is 5. The highest BCUT2D eigenvalue weighted by molar-refractivity contribution is 6.30. The van der Waals surface area contributed by atoms with Crippen molar-refractivity contribution in [2.45, 2.75) is 19.1 Å². The summed E-state index contributed by atoms with van der Waals surface area (Å²) in [5, 5.41) is 22.5. The van der Waals surface area contributed by atoms with Gasteiger partial charge in [-0.1, -0.05) is 11.6 Å².